The molecule has 0 bridgehead atoms. The van der Waals surface area contributed by atoms with E-state index in [2.05, 4.69) is 15.5 Å². The number of nitrogens with one attached hydrogen (secondary N) is 1. The van der Waals surface area contributed by atoms with Gasteiger partial charge in [-0.3, -0.25) is 5.32 Å². The lowest BCUT2D eigenvalue weighted by Crippen LogP contribution is -2.52. The number of urea groups is 1. The minimum Gasteiger partial charge on any atom is -0.444 e. The predicted octanol–water partition coefficient (Wildman–Crippen LogP) is 1.62. The van der Waals surface area contributed by atoms with Crippen molar-refractivity contribution in [2.75, 3.05) is 31.5 Å². The molecule has 2 heterocycles. The summed E-state index contributed by atoms with van der Waals surface area (Å²) < 4.78 is 5.31. The Morgan fingerprint density at radius 3 is 2.38 bits per heavy atom. The van der Waals surface area contributed by atoms with Crippen molar-refractivity contribution in [1.29, 1.82) is 0 Å². The molecule has 0 unspecified atom stereocenters. The van der Waals surface area contributed by atoms with Gasteiger partial charge < -0.3 is 14.5 Å². The van der Waals surface area contributed by atoms with E-state index in [1.165, 1.54) is 11.3 Å². The highest BCUT2D eigenvalue weighted by Crippen LogP contribution is 2.13. The number of anilines is 1. The summed E-state index contributed by atoms with van der Waals surface area (Å²) in [4.78, 5) is 27.2. The van der Waals surface area contributed by atoms with E-state index in [0.717, 1.165) is 0 Å². The standard InChI is InChI=1S/C12H19N5O3S/c1-12(2,3)20-11(19)17-6-4-16(5-7-17)10(18)14-9-15-13-8-21-9/h8H,4-7H2,1-3H3,(H,14,15,18). The summed E-state index contributed by atoms with van der Waals surface area (Å²) >= 11 is 1.26. The van der Waals surface area contributed by atoms with Crippen LogP contribution in [0.1, 0.15) is 20.8 Å². The van der Waals surface area contributed by atoms with Crippen molar-refractivity contribution in [1.82, 2.24) is 20.0 Å². The Morgan fingerprint density at radius 2 is 1.86 bits per heavy atom. The lowest BCUT2D eigenvalue weighted by Gasteiger charge is -2.35. The zero-order valence-electron chi connectivity index (χ0n) is 12.3. The third kappa shape index (κ3) is 4.55. The molecule has 0 saturated carbocycles. The molecule has 0 atom stereocenters. The van der Waals surface area contributed by atoms with Crippen LogP contribution in [0.4, 0.5) is 14.7 Å². The van der Waals surface area contributed by atoms with Crippen molar-refractivity contribution < 1.29 is 14.3 Å². The topological polar surface area (TPSA) is 87.7 Å². The number of amides is 3. The predicted molar refractivity (Wildman–Crippen MR) is 78.3 cm³/mol. The maximum Gasteiger partial charge on any atom is 0.410 e. The van der Waals surface area contributed by atoms with Crippen LogP contribution in [0.25, 0.3) is 0 Å². The second kappa shape index (κ2) is 6.25. The molecular formula is C12H19N5O3S. The Kier molecular flexibility index (Phi) is 4.61. The van der Waals surface area contributed by atoms with Crippen LogP contribution in [-0.4, -0.2) is 63.9 Å². The zero-order chi connectivity index (χ0) is 15.5. The van der Waals surface area contributed by atoms with Crippen LogP contribution in [0.2, 0.25) is 0 Å². The fourth-order valence-electron chi connectivity index (χ4n) is 1.82. The lowest BCUT2D eigenvalue weighted by atomic mass is 10.2. The number of piperazine rings is 1. The number of hydrogen-bond acceptors (Lipinski definition) is 6. The van der Waals surface area contributed by atoms with Crippen molar-refractivity contribution in [2.24, 2.45) is 0 Å². The number of rotatable bonds is 1. The van der Waals surface area contributed by atoms with Crippen LogP contribution < -0.4 is 5.32 Å². The fourth-order valence-corrected chi connectivity index (χ4v) is 2.25. The number of carbonyl (C=O) groups is 2. The monoisotopic (exact) mass is 313 g/mol. The molecule has 1 aromatic rings. The average Bonchev–Trinajstić information content (AvgIpc) is 2.90. The van der Waals surface area contributed by atoms with E-state index in [4.69, 9.17) is 4.74 Å². The summed E-state index contributed by atoms with van der Waals surface area (Å²) in [6.45, 7) is 7.33. The Hall–Kier alpha value is -1.90. The summed E-state index contributed by atoms with van der Waals surface area (Å²) in [5.41, 5.74) is 1.04. The van der Waals surface area contributed by atoms with E-state index >= 15 is 0 Å². The minimum absolute atomic E-state index is 0.226. The fraction of sp³-hybridized carbons (Fsp3) is 0.667. The van der Waals surface area contributed by atoms with Gasteiger partial charge in [0.25, 0.3) is 0 Å². The maximum atomic E-state index is 12.0. The first-order valence-corrected chi connectivity index (χ1v) is 7.53. The number of hydrogen-bond donors (Lipinski definition) is 1. The van der Waals surface area contributed by atoms with Gasteiger partial charge >= 0.3 is 12.1 Å². The van der Waals surface area contributed by atoms with Crippen molar-refractivity contribution in [3.05, 3.63) is 5.51 Å². The Bertz CT molecular complexity index is 491. The molecule has 9 heteroatoms. The number of carbonyl (C=O) groups excluding carboxylic acids is 2. The van der Waals surface area contributed by atoms with E-state index in [1.54, 1.807) is 15.3 Å². The van der Waals surface area contributed by atoms with Gasteiger partial charge in [0, 0.05) is 26.2 Å². The van der Waals surface area contributed by atoms with Gasteiger partial charge in [-0.05, 0) is 20.8 Å². The zero-order valence-corrected chi connectivity index (χ0v) is 13.1. The van der Waals surface area contributed by atoms with Crippen LogP contribution in [0.3, 0.4) is 0 Å². The number of nitrogens with zero attached hydrogens (tertiary/aromatic N) is 4. The largest absolute Gasteiger partial charge is 0.444 e. The van der Waals surface area contributed by atoms with Crippen molar-refractivity contribution in [3.63, 3.8) is 0 Å². The molecule has 0 aromatic carbocycles. The van der Waals surface area contributed by atoms with Crippen molar-refractivity contribution >= 4 is 28.6 Å². The molecular weight excluding hydrogens is 294 g/mol. The molecule has 0 aliphatic carbocycles. The molecule has 3 amide bonds. The summed E-state index contributed by atoms with van der Waals surface area (Å²) in [5.74, 6) is 0. The van der Waals surface area contributed by atoms with Crippen molar-refractivity contribution in [3.8, 4) is 0 Å². The van der Waals surface area contributed by atoms with Crippen LogP contribution in [0.5, 0.6) is 0 Å². The van der Waals surface area contributed by atoms with Crippen molar-refractivity contribution in [2.45, 2.75) is 26.4 Å². The second-order valence-corrected chi connectivity index (χ2v) is 6.46. The number of ether oxygens (including phenoxy) is 1. The van der Waals surface area contributed by atoms with Gasteiger partial charge in [-0.25, -0.2) is 9.59 Å². The van der Waals surface area contributed by atoms with Gasteiger partial charge in [0.15, 0.2) is 0 Å². The van der Waals surface area contributed by atoms with Gasteiger partial charge in [-0.2, -0.15) is 0 Å². The summed E-state index contributed by atoms with van der Waals surface area (Å²) in [6, 6.07) is -0.226. The quantitative estimate of drug-likeness (QED) is 0.851. The molecule has 1 fully saturated rings. The average molecular weight is 313 g/mol. The minimum atomic E-state index is -0.510. The Labute approximate surface area is 127 Å². The molecule has 0 radical (unpaired) electrons. The van der Waals surface area contributed by atoms with Gasteiger partial charge in [-0.1, -0.05) is 11.3 Å². The smallest absolute Gasteiger partial charge is 0.410 e. The third-order valence-corrected chi connectivity index (χ3v) is 3.40. The summed E-state index contributed by atoms with van der Waals surface area (Å²) in [5, 5.41) is 10.6. The molecule has 1 saturated heterocycles. The maximum absolute atomic E-state index is 12.0. The van der Waals surface area contributed by atoms with E-state index in [-0.39, 0.29) is 12.1 Å². The lowest BCUT2D eigenvalue weighted by molar-refractivity contribution is 0.0174. The van der Waals surface area contributed by atoms with Gasteiger partial charge in [0.1, 0.15) is 11.1 Å². The highest BCUT2D eigenvalue weighted by molar-refractivity contribution is 7.13. The first kappa shape index (κ1) is 15.5. The Morgan fingerprint density at radius 1 is 1.24 bits per heavy atom. The van der Waals surface area contributed by atoms with E-state index in [0.29, 0.717) is 31.3 Å². The molecule has 1 aliphatic rings. The molecule has 1 aliphatic heterocycles. The molecule has 0 spiro atoms. The summed E-state index contributed by atoms with van der Waals surface area (Å²) in [6.07, 6.45) is -0.341. The van der Waals surface area contributed by atoms with E-state index in [1.807, 2.05) is 20.8 Å². The van der Waals surface area contributed by atoms with Gasteiger partial charge in [0.05, 0.1) is 0 Å². The molecule has 116 valence electrons. The van der Waals surface area contributed by atoms with E-state index < -0.39 is 5.60 Å². The molecule has 8 nitrogen and oxygen atoms in total. The first-order chi connectivity index (χ1) is 9.85. The molecule has 21 heavy (non-hydrogen) atoms. The molecule has 1 aromatic heterocycles. The third-order valence-electron chi connectivity index (χ3n) is 2.79. The van der Waals surface area contributed by atoms with Crippen LogP contribution >= 0.6 is 11.3 Å². The van der Waals surface area contributed by atoms with E-state index in [9.17, 15) is 9.59 Å². The highest BCUT2D eigenvalue weighted by Gasteiger charge is 2.27. The Balaban J connectivity index is 1.80. The summed E-state index contributed by atoms with van der Waals surface area (Å²) in [7, 11) is 0. The van der Waals surface area contributed by atoms with Crippen LogP contribution in [0, 0.1) is 0 Å². The SMILES string of the molecule is CC(C)(C)OC(=O)N1CCN(C(=O)Nc2nncs2)CC1. The van der Waals surface area contributed by atoms with Crippen LogP contribution in [-0.2, 0) is 4.74 Å². The second-order valence-electron chi connectivity index (χ2n) is 5.63. The molecule has 1 N–H and O–H groups in total. The first-order valence-electron chi connectivity index (χ1n) is 6.65. The van der Waals surface area contributed by atoms with Crippen LogP contribution in [0.15, 0.2) is 5.51 Å². The van der Waals surface area contributed by atoms with Gasteiger partial charge in [0.2, 0.25) is 5.13 Å². The number of aromatic nitrogens is 2. The molecule has 2 rings (SSSR count). The highest BCUT2D eigenvalue weighted by atomic mass is 32.1. The normalized spacial score (nSPS) is 15.8. The van der Waals surface area contributed by atoms with Gasteiger partial charge in [-0.15, -0.1) is 10.2 Å².